The summed E-state index contributed by atoms with van der Waals surface area (Å²) in [5.74, 6) is 0.186. The van der Waals surface area contributed by atoms with Crippen molar-refractivity contribution in [3.8, 4) is 0 Å². The summed E-state index contributed by atoms with van der Waals surface area (Å²) in [5.41, 5.74) is 1.32. The van der Waals surface area contributed by atoms with E-state index in [9.17, 15) is 4.79 Å². The number of hydrogen-bond acceptors (Lipinski definition) is 6. The number of aromatic nitrogens is 2. The molecule has 1 aromatic carbocycles. The molecule has 0 bridgehead atoms. The highest BCUT2D eigenvalue weighted by atomic mass is 16.5. The molecule has 1 aromatic heterocycles. The van der Waals surface area contributed by atoms with Crippen LogP contribution in [0.25, 0.3) is 0 Å². The van der Waals surface area contributed by atoms with Crippen LogP contribution in [0.4, 0.5) is 0 Å². The summed E-state index contributed by atoms with van der Waals surface area (Å²) in [7, 11) is 1.54. The highest BCUT2D eigenvalue weighted by Gasteiger charge is 2.23. The van der Waals surface area contributed by atoms with Crippen LogP contribution in [-0.2, 0) is 17.7 Å². The summed E-state index contributed by atoms with van der Waals surface area (Å²) < 4.78 is 11.0. The van der Waals surface area contributed by atoms with Crippen LogP contribution in [0.1, 0.15) is 28.5 Å². The molecule has 2 aromatic rings. The summed E-state index contributed by atoms with van der Waals surface area (Å²) in [6.07, 6.45) is 2.18. The zero-order valence-corrected chi connectivity index (χ0v) is 13.8. The number of carbonyl (C=O) groups excluding carboxylic acids is 1. The number of rotatable bonds is 6. The van der Waals surface area contributed by atoms with Crippen molar-refractivity contribution in [2.24, 2.45) is 0 Å². The number of carbonyl (C=O) groups is 1. The Labute approximate surface area is 141 Å². The third-order valence-corrected chi connectivity index (χ3v) is 4.08. The lowest BCUT2D eigenvalue weighted by Gasteiger charge is -2.32. The van der Waals surface area contributed by atoms with Crippen LogP contribution in [0.3, 0.4) is 0 Å². The average molecular weight is 330 g/mol. The van der Waals surface area contributed by atoms with Gasteiger partial charge in [0.05, 0.1) is 19.3 Å². The van der Waals surface area contributed by atoms with Gasteiger partial charge in [0.25, 0.3) is 11.7 Å². The molecule has 0 aliphatic carbocycles. The van der Waals surface area contributed by atoms with E-state index in [1.165, 1.54) is 12.6 Å². The van der Waals surface area contributed by atoms with Gasteiger partial charge in [-0.3, -0.25) is 9.69 Å². The quantitative estimate of drug-likeness (QED) is 0.859. The Kier molecular flexibility index (Phi) is 5.55. The fraction of sp³-hybridized carbons (Fsp3) is 0.471. The molecule has 1 aliphatic heterocycles. The highest BCUT2D eigenvalue weighted by Crippen LogP contribution is 2.14. The smallest absolute Gasteiger partial charge is 0.292 e. The number of hydrogen-bond donors (Lipinski definition) is 1. The van der Waals surface area contributed by atoms with Gasteiger partial charge in [0.1, 0.15) is 0 Å². The molecule has 0 radical (unpaired) electrons. The molecule has 0 saturated carbocycles. The van der Waals surface area contributed by atoms with Crippen LogP contribution < -0.4 is 5.32 Å². The van der Waals surface area contributed by atoms with Gasteiger partial charge < -0.3 is 14.6 Å². The second-order valence-corrected chi connectivity index (χ2v) is 5.84. The van der Waals surface area contributed by atoms with E-state index in [0.29, 0.717) is 19.0 Å². The minimum Gasteiger partial charge on any atom is -0.376 e. The largest absolute Gasteiger partial charge is 0.376 e. The lowest BCUT2D eigenvalue weighted by Crippen LogP contribution is -2.42. The Morgan fingerprint density at radius 3 is 3.00 bits per heavy atom. The topological polar surface area (TPSA) is 80.5 Å². The Morgan fingerprint density at radius 2 is 2.21 bits per heavy atom. The molecule has 1 saturated heterocycles. The van der Waals surface area contributed by atoms with E-state index in [2.05, 4.69) is 44.6 Å². The first-order valence-electron chi connectivity index (χ1n) is 8.17. The summed E-state index contributed by atoms with van der Waals surface area (Å²) in [6, 6.07) is 10.4. The van der Waals surface area contributed by atoms with Gasteiger partial charge in [-0.25, -0.2) is 0 Å². The Bertz CT molecular complexity index is 659. The number of nitrogens with one attached hydrogen (secondary N) is 1. The number of ether oxygens (including phenoxy) is 1. The van der Waals surface area contributed by atoms with E-state index in [1.807, 2.05) is 6.07 Å². The maximum absolute atomic E-state index is 11.5. The van der Waals surface area contributed by atoms with Gasteiger partial charge in [0, 0.05) is 20.1 Å². The monoisotopic (exact) mass is 330 g/mol. The predicted octanol–water partition coefficient (Wildman–Crippen LogP) is 1.26. The van der Waals surface area contributed by atoms with Crippen molar-refractivity contribution >= 4 is 5.91 Å². The molecule has 1 N–H and O–H groups in total. The van der Waals surface area contributed by atoms with Gasteiger partial charge in [-0.1, -0.05) is 35.5 Å². The van der Waals surface area contributed by atoms with E-state index < -0.39 is 0 Å². The second-order valence-electron chi connectivity index (χ2n) is 5.84. The first-order valence-corrected chi connectivity index (χ1v) is 8.17. The standard InChI is InChI=1S/C17H22N4O3/c1-18-17(22)16-19-15(24-20-16)12-21-9-10-23-14(11-21)8-7-13-5-3-2-4-6-13/h2-6,14H,7-12H2,1H3,(H,18,22). The summed E-state index contributed by atoms with van der Waals surface area (Å²) >= 11 is 0. The van der Waals surface area contributed by atoms with Gasteiger partial charge in [0.2, 0.25) is 5.89 Å². The van der Waals surface area contributed by atoms with Crippen LogP contribution in [0, 0.1) is 0 Å². The molecule has 2 heterocycles. The van der Waals surface area contributed by atoms with Gasteiger partial charge in [-0.2, -0.15) is 4.98 Å². The van der Waals surface area contributed by atoms with Crippen molar-refractivity contribution in [1.29, 1.82) is 0 Å². The molecule has 1 fully saturated rings. The number of aryl methyl sites for hydroxylation is 1. The molecule has 128 valence electrons. The minimum atomic E-state index is -0.340. The molecule has 7 heteroatoms. The molecular weight excluding hydrogens is 308 g/mol. The number of morpholine rings is 1. The first kappa shape index (κ1) is 16.6. The summed E-state index contributed by atoms with van der Waals surface area (Å²) in [5, 5.41) is 6.17. The Hall–Kier alpha value is -2.25. The lowest BCUT2D eigenvalue weighted by molar-refractivity contribution is -0.0371. The van der Waals surface area contributed by atoms with E-state index in [1.54, 1.807) is 0 Å². The Balaban J connectivity index is 1.50. The molecule has 0 spiro atoms. The van der Waals surface area contributed by atoms with E-state index in [0.717, 1.165) is 25.9 Å². The lowest BCUT2D eigenvalue weighted by atomic mass is 10.1. The van der Waals surface area contributed by atoms with Crippen molar-refractivity contribution in [1.82, 2.24) is 20.4 Å². The first-order chi connectivity index (χ1) is 11.7. The number of benzene rings is 1. The minimum absolute atomic E-state index is 0.0707. The zero-order chi connectivity index (χ0) is 16.8. The fourth-order valence-corrected chi connectivity index (χ4v) is 2.79. The number of amides is 1. The van der Waals surface area contributed by atoms with E-state index >= 15 is 0 Å². The fourth-order valence-electron chi connectivity index (χ4n) is 2.79. The van der Waals surface area contributed by atoms with Crippen molar-refractivity contribution in [3.63, 3.8) is 0 Å². The van der Waals surface area contributed by atoms with Crippen LogP contribution in [0.5, 0.6) is 0 Å². The van der Waals surface area contributed by atoms with Gasteiger partial charge >= 0.3 is 0 Å². The Morgan fingerprint density at radius 1 is 1.38 bits per heavy atom. The highest BCUT2D eigenvalue weighted by molar-refractivity contribution is 5.89. The molecule has 1 amide bonds. The van der Waals surface area contributed by atoms with Crippen molar-refractivity contribution < 1.29 is 14.1 Å². The van der Waals surface area contributed by atoms with Gasteiger partial charge in [-0.05, 0) is 18.4 Å². The van der Waals surface area contributed by atoms with E-state index in [-0.39, 0.29) is 17.8 Å². The molecule has 1 unspecified atom stereocenters. The zero-order valence-electron chi connectivity index (χ0n) is 13.8. The predicted molar refractivity (Wildman–Crippen MR) is 87.5 cm³/mol. The maximum atomic E-state index is 11.5. The van der Waals surface area contributed by atoms with Crippen molar-refractivity contribution in [3.05, 3.63) is 47.6 Å². The van der Waals surface area contributed by atoms with Crippen LogP contribution in [0.2, 0.25) is 0 Å². The maximum Gasteiger partial charge on any atom is 0.292 e. The van der Waals surface area contributed by atoms with Crippen LogP contribution >= 0.6 is 0 Å². The van der Waals surface area contributed by atoms with Crippen molar-refractivity contribution in [2.75, 3.05) is 26.7 Å². The second kappa shape index (κ2) is 8.03. The summed E-state index contributed by atoms with van der Waals surface area (Å²) in [6.45, 7) is 2.87. The van der Waals surface area contributed by atoms with Crippen molar-refractivity contribution in [2.45, 2.75) is 25.5 Å². The van der Waals surface area contributed by atoms with Gasteiger partial charge in [-0.15, -0.1) is 0 Å². The number of nitrogens with zero attached hydrogens (tertiary/aromatic N) is 3. The molecule has 1 atom stereocenters. The third-order valence-electron chi connectivity index (χ3n) is 4.08. The SMILES string of the molecule is CNC(=O)c1noc(CN2CCOC(CCc3ccccc3)C2)n1. The van der Waals surface area contributed by atoms with Crippen LogP contribution in [-0.4, -0.2) is 53.8 Å². The molecule has 24 heavy (non-hydrogen) atoms. The summed E-state index contributed by atoms with van der Waals surface area (Å²) in [4.78, 5) is 17.8. The van der Waals surface area contributed by atoms with Crippen LogP contribution in [0.15, 0.2) is 34.9 Å². The van der Waals surface area contributed by atoms with E-state index in [4.69, 9.17) is 9.26 Å². The molecule has 7 nitrogen and oxygen atoms in total. The third kappa shape index (κ3) is 4.39. The average Bonchev–Trinajstić information content (AvgIpc) is 3.09. The normalized spacial score (nSPS) is 18.5. The molecule has 1 aliphatic rings. The van der Waals surface area contributed by atoms with Gasteiger partial charge in [0.15, 0.2) is 0 Å². The molecular formula is C17H22N4O3. The molecule has 3 rings (SSSR count).